The maximum Gasteiger partial charge on any atom is 0.242 e. The summed E-state index contributed by atoms with van der Waals surface area (Å²) in [5.41, 5.74) is 1.50. The van der Waals surface area contributed by atoms with Gasteiger partial charge in [0.25, 0.3) is 0 Å². The Kier molecular flexibility index (Phi) is 8.81. The maximum absolute atomic E-state index is 13.1. The van der Waals surface area contributed by atoms with Crippen molar-refractivity contribution >= 4 is 46.6 Å². The Bertz CT molecular complexity index is 871. The highest BCUT2D eigenvalue weighted by atomic mass is 35.5. The molecule has 0 heterocycles. The molecule has 0 radical (unpaired) electrons. The van der Waals surface area contributed by atoms with Crippen molar-refractivity contribution in [2.75, 3.05) is 6.54 Å². The van der Waals surface area contributed by atoms with Crippen LogP contribution in [0.15, 0.2) is 42.5 Å². The molecule has 0 aliphatic carbocycles. The predicted molar refractivity (Wildman–Crippen MR) is 119 cm³/mol. The van der Waals surface area contributed by atoms with Crippen molar-refractivity contribution < 1.29 is 9.59 Å². The van der Waals surface area contributed by atoms with Gasteiger partial charge in [0.2, 0.25) is 11.8 Å². The van der Waals surface area contributed by atoms with Gasteiger partial charge in [0.15, 0.2) is 0 Å². The van der Waals surface area contributed by atoms with Crippen molar-refractivity contribution in [1.82, 2.24) is 10.2 Å². The fourth-order valence-corrected chi connectivity index (χ4v) is 3.30. The molecular weight excluding hydrogens is 431 g/mol. The summed E-state index contributed by atoms with van der Waals surface area (Å²) in [6, 6.07) is 11.7. The van der Waals surface area contributed by atoms with E-state index < -0.39 is 6.04 Å². The molecule has 29 heavy (non-hydrogen) atoms. The predicted octanol–water partition coefficient (Wildman–Crippen LogP) is 5.38. The van der Waals surface area contributed by atoms with Crippen LogP contribution in [0, 0.1) is 5.92 Å². The first-order chi connectivity index (χ1) is 13.7. The lowest BCUT2D eigenvalue weighted by Gasteiger charge is -2.29. The molecule has 1 atom stereocenters. The molecule has 2 aromatic rings. The zero-order valence-electron chi connectivity index (χ0n) is 16.7. The summed E-state index contributed by atoms with van der Waals surface area (Å²) < 4.78 is 0. The zero-order chi connectivity index (χ0) is 21.6. The number of carbonyl (C=O) groups excluding carboxylic acids is 2. The summed E-state index contributed by atoms with van der Waals surface area (Å²) in [7, 11) is 0. The second-order valence-corrected chi connectivity index (χ2v) is 8.57. The molecule has 2 aromatic carbocycles. The first-order valence-corrected chi connectivity index (χ1v) is 10.6. The Hall–Kier alpha value is -1.75. The van der Waals surface area contributed by atoms with Crippen LogP contribution in [0.1, 0.15) is 31.9 Å². The molecule has 1 N–H and O–H groups in total. The third kappa shape index (κ3) is 6.91. The standard InChI is InChI=1S/C22H25Cl3N2O2/c1-14(2)12-26-22(29)15(3)27(13-16-8-9-19(24)20(25)10-16)21(28)11-17-6-4-5-7-18(17)23/h4-10,14-15H,11-13H2,1-3H3,(H,26,29). The van der Waals surface area contributed by atoms with E-state index in [9.17, 15) is 9.59 Å². The minimum Gasteiger partial charge on any atom is -0.354 e. The van der Waals surface area contributed by atoms with Gasteiger partial charge < -0.3 is 10.2 Å². The topological polar surface area (TPSA) is 49.4 Å². The number of benzene rings is 2. The van der Waals surface area contributed by atoms with E-state index in [1.165, 1.54) is 0 Å². The summed E-state index contributed by atoms with van der Waals surface area (Å²) >= 11 is 18.3. The van der Waals surface area contributed by atoms with E-state index in [-0.39, 0.29) is 24.8 Å². The average molecular weight is 456 g/mol. The van der Waals surface area contributed by atoms with Crippen molar-refractivity contribution in [3.8, 4) is 0 Å². The first-order valence-electron chi connectivity index (χ1n) is 9.43. The number of nitrogens with zero attached hydrogens (tertiary/aromatic N) is 1. The van der Waals surface area contributed by atoms with Gasteiger partial charge in [-0.05, 0) is 42.2 Å². The number of rotatable bonds is 8. The fourth-order valence-electron chi connectivity index (χ4n) is 2.78. The first kappa shape index (κ1) is 23.5. The van der Waals surface area contributed by atoms with E-state index in [2.05, 4.69) is 5.32 Å². The van der Waals surface area contributed by atoms with E-state index in [0.29, 0.717) is 33.1 Å². The van der Waals surface area contributed by atoms with Crippen LogP contribution >= 0.6 is 34.8 Å². The largest absolute Gasteiger partial charge is 0.354 e. The lowest BCUT2D eigenvalue weighted by atomic mass is 10.1. The summed E-state index contributed by atoms with van der Waals surface area (Å²) in [5.74, 6) is -0.0869. The highest BCUT2D eigenvalue weighted by Gasteiger charge is 2.26. The molecule has 2 rings (SSSR count). The SMILES string of the molecule is CC(C)CNC(=O)C(C)N(Cc1ccc(Cl)c(Cl)c1)C(=O)Cc1ccccc1Cl. The lowest BCUT2D eigenvalue weighted by Crippen LogP contribution is -2.48. The van der Waals surface area contributed by atoms with Crippen molar-refractivity contribution in [1.29, 1.82) is 0 Å². The van der Waals surface area contributed by atoms with Crippen LogP contribution in [0.4, 0.5) is 0 Å². The Morgan fingerprint density at radius 2 is 1.66 bits per heavy atom. The van der Waals surface area contributed by atoms with Crippen LogP contribution < -0.4 is 5.32 Å². The average Bonchev–Trinajstić information content (AvgIpc) is 2.68. The maximum atomic E-state index is 13.1. The van der Waals surface area contributed by atoms with Crippen LogP contribution in [0.2, 0.25) is 15.1 Å². The van der Waals surface area contributed by atoms with Crippen molar-refractivity contribution in [3.63, 3.8) is 0 Å². The molecule has 1 unspecified atom stereocenters. The van der Waals surface area contributed by atoms with Gasteiger partial charge in [-0.25, -0.2) is 0 Å². The molecule has 0 bridgehead atoms. The molecule has 156 valence electrons. The van der Waals surface area contributed by atoms with Crippen molar-refractivity contribution in [2.45, 2.75) is 39.8 Å². The number of halogens is 3. The molecule has 2 amide bonds. The second-order valence-electron chi connectivity index (χ2n) is 7.35. The van der Waals surface area contributed by atoms with E-state index in [1.54, 1.807) is 42.2 Å². The minimum absolute atomic E-state index is 0.1000. The molecule has 0 saturated heterocycles. The summed E-state index contributed by atoms with van der Waals surface area (Å²) in [6.45, 7) is 6.53. The van der Waals surface area contributed by atoms with Crippen molar-refractivity contribution in [3.05, 3.63) is 68.7 Å². The smallest absolute Gasteiger partial charge is 0.242 e. The molecule has 0 aliphatic rings. The summed E-state index contributed by atoms with van der Waals surface area (Å²) in [5, 5.41) is 4.25. The normalized spacial score (nSPS) is 12.0. The molecule has 4 nitrogen and oxygen atoms in total. The molecule has 0 saturated carbocycles. The van der Waals surface area contributed by atoms with E-state index in [1.807, 2.05) is 26.0 Å². The van der Waals surface area contributed by atoms with Crippen LogP contribution in [0.5, 0.6) is 0 Å². The van der Waals surface area contributed by atoms with Gasteiger partial charge in [-0.1, -0.05) is 72.9 Å². The number of carbonyl (C=O) groups is 2. The Labute approximate surface area is 187 Å². The fraction of sp³-hybridized carbons (Fsp3) is 0.364. The molecule has 7 heteroatoms. The van der Waals surface area contributed by atoms with Gasteiger partial charge in [0.1, 0.15) is 6.04 Å². The number of hydrogen-bond donors (Lipinski definition) is 1. The van der Waals surface area contributed by atoms with Gasteiger partial charge in [-0.2, -0.15) is 0 Å². The van der Waals surface area contributed by atoms with E-state index >= 15 is 0 Å². The van der Waals surface area contributed by atoms with Crippen LogP contribution in [0.3, 0.4) is 0 Å². The molecule has 0 aliphatic heterocycles. The molecule has 0 spiro atoms. The molecule has 0 fully saturated rings. The monoisotopic (exact) mass is 454 g/mol. The highest BCUT2D eigenvalue weighted by Crippen LogP contribution is 2.24. The Morgan fingerprint density at radius 1 is 0.966 bits per heavy atom. The van der Waals surface area contributed by atoms with Crippen molar-refractivity contribution in [2.24, 2.45) is 5.92 Å². The van der Waals surface area contributed by atoms with Crippen LogP contribution in [0.25, 0.3) is 0 Å². The lowest BCUT2D eigenvalue weighted by molar-refractivity contribution is -0.140. The van der Waals surface area contributed by atoms with Crippen LogP contribution in [-0.4, -0.2) is 29.3 Å². The number of hydrogen-bond acceptors (Lipinski definition) is 2. The highest BCUT2D eigenvalue weighted by molar-refractivity contribution is 6.42. The van der Waals surface area contributed by atoms with E-state index in [0.717, 1.165) is 5.56 Å². The number of nitrogens with one attached hydrogen (secondary N) is 1. The third-order valence-corrected chi connectivity index (χ3v) is 5.60. The van der Waals surface area contributed by atoms with E-state index in [4.69, 9.17) is 34.8 Å². The third-order valence-electron chi connectivity index (χ3n) is 4.49. The van der Waals surface area contributed by atoms with Crippen LogP contribution in [-0.2, 0) is 22.6 Å². The Morgan fingerprint density at radius 3 is 2.28 bits per heavy atom. The Balaban J connectivity index is 2.25. The summed E-state index contributed by atoms with van der Waals surface area (Å²) in [4.78, 5) is 27.3. The second kappa shape index (κ2) is 10.9. The van der Waals surface area contributed by atoms with Gasteiger partial charge in [-0.15, -0.1) is 0 Å². The van der Waals surface area contributed by atoms with Gasteiger partial charge >= 0.3 is 0 Å². The van der Waals surface area contributed by atoms with Gasteiger partial charge in [0.05, 0.1) is 16.5 Å². The zero-order valence-corrected chi connectivity index (χ0v) is 19.0. The van der Waals surface area contributed by atoms with Gasteiger partial charge in [-0.3, -0.25) is 9.59 Å². The summed E-state index contributed by atoms with van der Waals surface area (Å²) in [6.07, 6.45) is 0.1000. The molecular formula is C22H25Cl3N2O2. The van der Waals surface area contributed by atoms with Gasteiger partial charge in [0, 0.05) is 18.1 Å². The molecule has 0 aromatic heterocycles. The quantitative estimate of drug-likeness (QED) is 0.581. The minimum atomic E-state index is -0.654. The number of amides is 2.